The van der Waals surface area contributed by atoms with Gasteiger partial charge >= 0.3 is 11.9 Å². The summed E-state index contributed by atoms with van der Waals surface area (Å²) in [5.74, 6) is -1.56. The van der Waals surface area contributed by atoms with Crippen LogP contribution in [0, 0.1) is 0 Å². The highest BCUT2D eigenvalue weighted by Gasteiger charge is 2.28. The Morgan fingerprint density at radius 3 is 1.43 bits per heavy atom. The predicted molar refractivity (Wildman–Crippen MR) is 81.0 cm³/mol. The number of methoxy groups -OCH3 is 2. The van der Waals surface area contributed by atoms with Crippen molar-refractivity contribution in [3.05, 3.63) is 59.7 Å². The molecule has 0 aromatic heterocycles. The summed E-state index contributed by atoms with van der Waals surface area (Å²) in [6.07, 6.45) is 0. The maximum atomic E-state index is 12.9. The molecule has 0 saturated carbocycles. The van der Waals surface area contributed by atoms with Crippen LogP contribution in [0.1, 0.15) is 20.7 Å². The van der Waals surface area contributed by atoms with E-state index in [1.807, 2.05) is 0 Å². The molecule has 120 valence electrons. The third-order valence-electron chi connectivity index (χ3n) is 3.16. The fourth-order valence-corrected chi connectivity index (χ4v) is 3.71. The number of carbonyl (C=O) groups is 2. The Balaban J connectivity index is 2.71. The van der Waals surface area contributed by atoms with Gasteiger partial charge in [-0.1, -0.05) is 24.3 Å². The number of ether oxygens (including phenoxy) is 2. The first-order valence-electron chi connectivity index (χ1n) is 6.53. The SMILES string of the molecule is COC(=O)c1ccccc1S(=O)(=O)c1ccccc1C(=O)OC. The van der Waals surface area contributed by atoms with Crippen molar-refractivity contribution in [2.45, 2.75) is 9.79 Å². The Kier molecular flexibility index (Phi) is 4.80. The Bertz CT molecular complexity index is 789. The summed E-state index contributed by atoms with van der Waals surface area (Å²) in [4.78, 5) is 23.2. The van der Waals surface area contributed by atoms with Gasteiger partial charge in [0.15, 0.2) is 0 Å². The topological polar surface area (TPSA) is 86.7 Å². The van der Waals surface area contributed by atoms with E-state index in [0.717, 1.165) is 14.2 Å². The molecule has 0 N–H and O–H groups in total. The van der Waals surface area contributed by atoms with E-state index in [2.05, 4.69) is 9.47 Å². The molecule has 0 aliphatic heterocycles. The first kappa shape index (κ1) is 16.7. The molecule has 7 heteroatoms. The molecule has 0 amide bonds. The van der Waals surface area contributed by atoms with E-state index in [9.17, 15) is 18.0 Å². The minimum atomic E-state index is -4.11. The van der Waals surface area contributed by atoms with Gasteiger partial charge in [-0.2, -0.15) is 0 Å². The van der Waals surface area contributed by atoms with Crippen molar-refractivity contribution >= 4 is 21.8 Å². The highest BCUT2D eigenvalue weighted by atomic mass is 32.2. The van der Waals surface area contributed by atoms with Crippen LogP contribution in [0.4, 0.5) is 0 Å². The van der Waals surface area contributed by atoms with Gasteiger partial charge in [-0.25, -0.2) is 18.0 Å². The third kappa shape index (κ3) is 3.09. The molecule has 2 rings (SSSR count). The fourth-order valence-electron chi connectivity index (χ4n) is 2.08. The molecule has 0 bridgehead atoms. The largest absolute Gasteiger partial charge is 0.465 e. The Morgan fingerprint density at radius 2 is 1.09 bits per heavy atom. The molecule has 0 aliphatic rings. The second-order valence-electron chi connectivity index (χ2n) is 4.48. The van der Waals surface area contributed by atoms with Crippen LogP contribution >= 0.6 is 0 Å². The van der Waals surface area contributed by atoms with Gasteiger partial charge in [-0.15, -0.1) is 0 Å². The summed E-state index contributed by atoms with van der Waals surface area (Å²) in [5, 5.41) is 0. The van der Waals surface area contributed by atoms with Gasteiger partial charge in [0.1, 0.15) is 0 Å². The van der Waals surface area contributed by atoms with E-state index in [4.69, 9.17) is 0 Å². The van der Waals surface area contributed by atoms with Crippen molar-refractivity contribution < 1.29 is 27.5 Å². The number of hydrogen-bond acceptors (Lipinski definition) is 6. The van der Waals surface area contributed by atoms with Crippen molar-refractivity contribution in [2.75, 3.05) is 14.2 Å². The normalized spacial score (nSPS) is 10.9. The summed E-state index contributed by atoms with van der Waals surface area (Å²) in [6.45, 7) is 0. The van der Waals surface area contributed by atoms with Gasteiger partial charge in [0, 0.05) is 0 Å². The second kappa shape index (κ2) is 6.62. The molecule has 2 aromatic carbocycles. The first-order chi connectivity index (χ1) is 10.9. The number of esters is 2. The summed E-state index contributed by atoms with van der Waals surface area (Å²) in [5.41, 5.74) is -0.204. The Morgan fingerprint density at radius 1 is 0.739 bits per heavy atom. The molecule has 0 saturated heterocycles. The molecule has 6 nitrogen and oxygen atoms in total. The highest BCUT2D eigenvalue weighted by Crippen LogP contribution is 2.27. The lowest BCUT2D eigenvalue weighted by Gasteiger charge is -2.11. The quantitative estimate of drug-likeness (QED) is 0.796. The molecule has 0 heterocycles. The molecular formula is C16H14O6S. The van der Waals surface area contributed by atoms with Gasteiger partial charge in [0.25, 0.3) is 0 Å². The molecule has 0 spiro atoms. The van der Waals surface area contributed by atoms with Crippen LogP contribution in [0.15, 0.2) is 58.3 Å². The van der Waals surface area contributed by atoms with Crippen molar-refractivity contribution in [3.8, 4) is 0 Å². The molecular weight excluding hydrogens is 320 g/mol. The van der Waals surface area contributed by atoms with Crippen molar-refractivity contribution in [3.63, 3.8) is 0 Å². The number of hydrogen-bond donors (Lipinski definition) is 0. The molecule has 0 unspecified atom stereocenters. The lowest BCUT2D eigenvalue weighted by Crippen LogP contribution is -2.14. The summed E-state index contributed by atoms with van der Waals surface area (Å²) >= 11 is 0. The lowest BCUT2D eigenvalue weighted by molar-refractivity contribution is 0.0589. The minimum absolute atomic E-state index is 0.102. The molecule has 0 aliphatic carbocycles. The van der Waals surface area contributed by atoms with E-state index in [0.29, 0.717) is 0 Å². The monoisotopic (exact) mass is 334 g/mol. The molecule has 0 atom stereocenters. The summed E-state index contributed by atoms with van der Waals surface area (Å²) in [7, 11) is -1.79. The van der Waals surface area contributed by atoms with E-state index in [1.54, 1.807) is 0 Å². The molecule has 0 fully saturated rings. The summed E-state index contributed by atoms with van der Waals surface area (Å²) < 4.78 is 35.0. The van der Waals surface area contributed by atoms with E-state index in [-0.39, 0.29) is 20.9 Å². The van der Waals surface area contributed by atoms with Gasteiger partial charge < -0.3 is 9.47 Å². The zero-order valence-electron chi connectivity index (χ0n) is 12.5. The maximum Gasteiger partial charge on any atom is 0.339 e. The average Bonchev–Trinajstić information content (AvgIpc) is 2.60. The number of rotatable bonds is 4. The van der Waals surface area contributed by atoms with Crippen LogP contribution in [-0.2, 0) is 19.3 Å². The van der Waals surface area contributed by atoms with Crippen LogP contribution in [-0.4, -0.2) is 34.6 Å². The average molecular weight is 334 g/mol. The Labute approximate surface area is 133 Å². The highest BCUT2D eigenvalue weighted by molar-refractivity contribution is 7.91. The van der Waals surface area contributed by atoms with Gasteiger partial charge in [0.2, 0.25) is 9.84 Å². The van der Waals surface area contributed by atoms with Crippen LogP contribution in [0.25, 0.3) is 0 Å². The van der Waals surface area contributed by atoms with Crippen LogP contribution in [0.2, 0.25) is 0 Å². The van der Waals surface area contributed by atoms with Crippen LogP contribution in [0.3, 0.4) is 0 Å². The van der Waals surface area contributed by atoms with E-state index >= 15 is 0 Å². The summed E-state index contributed by atoms with van der Waals surface area (Å²) in [6, 6.07) is 11.3. The van der Waals surface area contributed by atoms with Crippen LogP contribution in [0.5, 0.6) is 0 Å². The second-order valence-corrected chi connectivity index (χ2v) is 6.37. The maximum absolute atomic E-state index is 12.9. The van der Waals surface area contributed by atoms with Gasteiger partial charge in [-0.05, 0) is 24.3 Å². The van der Waals surface area contributed by atoms with Gasteiger partial charge in [0.05, 0.1) is 35.1 Å². The molecule has 0 radical (unpaired) electrons. The van der Waals surface area contributed by atoms with Crippen LogP contribution < -0.4 is 0 Å². The third-order valence-corrected chi connectivity index (χ3v) is 5.03. The van der Waals surface area contributed by atoms with Gasteiger partial charge in [-0.3, -0.25) is 0 Å². The minimum Gasteiger partial charge on any atom is -0.465 e. The Hall–Kier alpha value is -2.67. The number of benzene rings is 2. The fraction of sp³-hybridized carbons (Fsp3) is 0.125. The lowest BCUT2D eigenvalue weighted by atomic mass is 10.2. The van der Waals surface area contributed by atoms with E-state index in [1.165, 1.54) is 48.5 Å². The molecule has 23 heavy (non-hydrogen) atoms. The predicted octanol–water partition coefficient (Wildman–Crippen LogP) is 2.09. The van der Waals surface area contributed by atoms with E-state index < -0.39 is 21.8 Å². The van der Waals surface area contributed by atoms with Crippen molar-refractivity contribution in [2.24, 2.45) is 0 Å². The molecule has 2 aromatic rings. The first-order valence-corrected chi connectivity index (χ1v) is 8.01. The van der Waals surface area contributed by atoms with Crippen molar-refractivity contribution in [1.82, 2.24) is 0 Å². The smallest absolute Gasteiger partial charge is 0.339 e. The zero-order chi connectivity index (χ0) is 17.0. The number of carbonyl (C=O) groups excluding carboxylic acids is 2. The number of sulfone groups is 1. The zero-order valence-corrected chi connectivity index (χ0v) is 13.3. The standard InChI is InChI=1S/C16H14O6S/c1-21-15(17)11-7-3-5-9-13(11)23(19,20)14-10-6-4-8-12(14)16(18)22-2/h3-10H,1-2H3. The van der Waals surface area contributed by atoms with Crippen molar-refractivity contribution in [1.29, 1.82) is 0 Å².